The van der Waals surface area contributed by atoms with Gasteiger partial charge in [-0.25, -0.2) is 0 Å². The van der Waals surface area contributed by atoms with Crippen molar-refractivity contribution in [2.45, 2.75) is 62.4 Å². The summed E-state index contributed by atoms with van der Waals surface area (Å²) in [5, 5.41) is 5.34. The Hall–Kier alpha value is -3.35. The standard InChI is InChI=1S/C21H14.C21H25.C5H5.2ClH.Zr/c1-3-13-20-16(7-1)9-5-11-18(20)15-19-12-6-10-17-8-2-4-14-21(17)19;1-20(2,3)16-7-9-18-14(12-16)11-15-13-17(21(4,5)6)8-10-19(15)18;1-2-4-5-3-1;;;/h1-14H;7-13H,1-6H3;1-3H,4H2;2*1H;. The molecule has 0 fully saturated rings. The van der Waals surface area contributed by atoms with Crippen molar-refractivity contribution in [3.8, 4) is 11.1 Å². The van der Waals surface area contributed by atoms with Crippen molar-refractivity contribution in [1.29, 1.82) is 0 Å². The number of allylic oxidation sites excluding steroid dienone is 4. The molecule has 0 heterocycles. The maximum absolute atomic E-state index is 2.93. The molecule has 0 spiro atoms. The van der Waals surface area contributed by atoms with Crippen LogP contribution < -0.4 is 0 Å². The monoisotopic (exact) mass is 770 g/mol. The Bertz CT molecular complexity index is 2190. The van der Waals surface area contributed by atoms with E-state index in [0.717, 1.165) is 6.42 Å². The summed E-state index contributed by atoms with van der Waals surface area (Å²) in [5.41, 5.74) is 11.8. The molecule has 0 N–H and O–H groups in total. The first-order chi connectivity index (χ1) is 23.1. The molecule has 50 heavy (non-hydrogen) atoms. The summed E-state index contributed by atoms with van der Waals surface area (Å²) in [5.74, 6) is 0. The smallest absolute Gasteiger partial charge is 0.147 e. The van der Waals surface area contributed by atoms with E-state index in [9.17, 15) is 0 Å². The minimum Gasteiger partial charge on any atom is -0.147 e. The molecule has 0 nitrogen and oxygen atoms in total. The van der Waals surface area contributed by atoms with E-state index in [2.05, 4.69) is 181 Å². The van der Waals surface area contributed by atoms with Gasteiger partial charge < -0.3 is 0 Å². The Kier molecular flexibility index (Phi) is 10.2. The summed E-state index contributed by atoms with van der Waals surface area (Å²) in [4.78, 5) is 0. The van der Waals surface area contributed by atoms with Crippen LogP contribution in [0.4, 0.5) is 0 Å². The molecule has 0 aliphatic heterocycles. The fraction of sp³-hybridized carbons (Fsp3) is 0.213. The quantitative estimate of drug-likeness (QED) is 0.167. The van der Waals surface area contributed by atoms with E-state index in [1.165, 1.54) is 54.9 Å². The molecule has 0 saturated heterocycles. The van der Waals surface area contributed by atoms with E-state index in [1.54, 1.807) is 17.6 Å². The van der Waals surface area contributed by atoms with Crippen molar-refractivity contribution in [3.63, 3.8) is 0 Å². The van der Waals surface area contributed by atoms with Gasteiger partial charge in [-0.15, -0.1) is 24.8 Å². The molecule has 0 atom stereocenters. The number of benzene rings is 6. The van der Waals surface area contributed by atoms with Gasteiger partial charge >= 0.3 is 296 Å². The van der Waals surface area contributed by atoms with Crippen LogP contribution in [0.3, 0.4) is 0 Å². The van der Waals surface area contributed by atoms with E-state index in [1.807, 2.05) is 0 Å². The minimum absolute atomic E-state index is 0. The number of fused-ring (bicyclic) bond motifs is 5. The van der Waals surface area contributed by atoms with Crippen LogP contribution in [0, 0.1) is 0 Å². The maximum Gasteiger partial charge on any atom is -0.147 e. The van der Waals surface area contributed by atoms with E-state index in [-0.39, 0.29) is 35.6 Å². The fourth-order valence-electron chi connectivity index (χ4n) is 7.96. The van der Waals surface area contributed by atoms with Crippen LogP contribution in [-0.2, 0) is 32.1 Å². The van der Waals surface area contributed by atoms with Crippen molar-refractivity contribution >= 4 is 49.6 Å². The topological polar surface area (TPSA) is 0 Å². The van der Waals surface area contributed by atoms with Gasteiger partial charge in [-0.1, -0.05) is 0 Å². The fourth-order valence-corrected chi connectivity index (χ4v) is 17.1. The molecular weight excluding hydrogens is 727 g/mol. The third-order valence-electron chi connectivity index (χ3n) is 10.5. The largest absolute Gasteiger partial charge is 0.147 e. The van der Waals surface area contributed by atoms with Gasteiger partial charge in [0, 0.05) is 0 Å². The molecule has 8 rings (SSSR count). The SMILES string of the molecule is CC(C)(C)c1ccc2c(c1)[CH]([Zr]([C]1=CC=CC1)=[C](c1cccc3ccccc13)c1cccc3ccccc13)c1cc(C(C)(C)C)ccc1-2.Cl.Cl. The number of hydrogen-bond donors (Lipinski definition) is 0. The van der Waals surface area contributed by atoms with Crippen LogP contribution >= 0.6 is 24.8 Å². The van der Waals surface area contributed by atoms with E-state index < -0.39 is 21.3 Å². The van der Waals surface area contributed by atoms with Gasteiger partial charge in [-0.05, 0) is 0 Å². The Morgan fingerprint density at radius 3 is 1.46 bits per heavy atom. The van der Waals surface area contributed by atoms with Gasteiger partial charge in [0.25, 0.3) is 0 Å². The van der Waals surface area contributed by atoms with Crippen molar-refractivity contribution in [2.75, 3.05) is 0 Å². The number of halogens is 2. The zero-order chi connectivity index (χ0) is 33.2. The van der Waals surface area contributed by atoms with Gasteiger partial charge in [0.05, 0.1) is 0 Å². The van der Waals surface area contributed by atoms with Crippen LogP contribution in [-0.4, -0.2) is 3.21 Å². The minimum atomic E-state index is -2.93. The molecule has 0 radical (unpaired) electrons. The van der Waals surface area contributed by atoms with Crippen LogP contribution in [0.2, 0.25) is 0 Å². The second-order valence-corrected chi connectivity index (χ2v) is 22.0. The predicted octanol–water partition coefficient (Wildman–Crippen LogP) is 13.2. The number of rotatable bonds is 4. The summed E-state index contributed by atoms with van der Waals surface area (Å²) < 4.78 is 3.66. The zero-order valence-corrected chi connectivity index (χ0v) is 34.0. The molecule has 2 aliphatic carbocycles. The Balaban J connectivity index is 0.00000216. The van der Waals surface area contributed by atoms with E-state index in [4.69, 9.17) is 0 Å². The zero-order valence-electron chi connectivity index (χ0n) is 29.9. The predicted molar refractivity (Wildman–Crippen MR) is 219 cm³/mol. The average Bonchev–Trinajstić information content (AvgIpc) is 3.72. The molecule has 0 saturated carbocycles. The first kappa shape index (κ1) is 36.4. The summed E-state index contributed by atoms with van der Waals surface area (Å²) in [7, 11) is 0. The van der Waals surface area contributed by atoms with Crippen LogP contribution in [0.5, 0.6) is 0 Å². The molecule has 0 amide bonds. The van der Waals surface area contributed by atoms with Crippen LogP contribution in [0.25, 0.3) is 32.7 Å². The molecule has 0 aromatic heterocycles. The molecule has 252 valence electrons. The molecule has 3 heteroatoms. The third-order valence-corrected chi connectivity index (χ3v) is 18.7. The summed E-state index contributed by atoms with van der Waals surface area (Å²) in [6, 6.07) is 46.9. The Morgan fingerprint density at radius 1 is 0.560 bits per heavy atom. The molecular formula is C47H46Cl2Zr. The summed E-state index contributed by atoms with van der Waals surface area (Å²) >= 11 is -2.93. The normalized spacial score (nSPS) is 13.8. The van der Waals surface area contributed by atoms with E-state index >= 15 is 0 Å². The van der Waals surface area contributed by atoms with Gasteiger partial charge in [-0.3, -0.25) is 0 Å². The summed E-state index contributed by atoms with van der Waals surface area (Å²) in [6.45, 7) is 14.1. The van der Waals surface area contributed by atoms with E-state index in [0.29, 0.717) is 3.63 Å². The van der Waals surface area contributed by atoms with Gasteiger partial charge in [0.1, 0.15) is 0 Å². The number of hydrogen-bond acceptors (Lipinski definition) is 0. The Labute approximate surface area is 318 Å². The first-order valence-electron chi connectivity index (χ1n) is 17.5. The van der Waals surface area contributed by atoms with Crippen molar-refractivity contribution < 1.29 is 21.3 Å². The molecule has 6 aromatic rings. The maximum atomic E-state index is 2.60. The van der Waals surface area contributed by atoms with Gasteiger partial charge in [-0.2, -0.15) is 0 Å². The van der Waals surface area contributed by atoms with Gasteiger partial charge in [0.2, 0.25) is 0 Å². The second kappa shape index (κ2) is 14.0. The average molecular weight is 773 g/mol. The third kappa shape index (κ3) is 6.36. The van der Waals surface area contributed by atoms with Crippen LogP contribution in [0.1, 0.15) is 85.0 Å². The molecule has 0 unspecified atom stereocenters. The first-order valence-corrected chi connectivity index (χ1v) is 21.3. The second-order valence-electron chi connectivity index (χ2n) is 15.7. The van der Waals surface area contributed by atoms with Crippen LogP contribution in [0.15, 0.2) is 143 Å². The van der Waals surface area contributed by atoms with Crippen molar-refractivity contribution in [3.05, 3.63) is 176 Å². The van der Waals surface area contributed by atoms with Crippen molar-refractivity contribution in [1.82, 2.24) is 0 Å². The summed E-state index contributed by atoms with van der Waals surface area (Å²) in [6.07, 6.45) is 8.28. The Morgan fingerprint density at radius 2 is 1.02 bits per heavy atom. The van der Waals surface area contributed by atoms with Gasteiger partial charge in [0.15, 0.2) is 0 Å². The molecule has 0 bridgehead atoms. The molecule has 6 aromatic carbocycles. The molecule has 2 aliphatic rings. The van der Waals surface area contributed by atoms with Crippen molar-refractivity contribution in [2.24, 2.45) is 0 Å².